The second-order valence-electron chi connectivity index (χ2n) is 7.46. The van der Waals surface area contributed by atoms with E-state index in [-0.39, 0.29) is 11.9 Å². The number of amides is 3. The maximum absolute atomic E-state index is 12.9. The molecular weight excluding hydrogens is 390 g/mol. The average molecular weight is 415 g/mol. The lowest BCUT2D eigenvalue weighted by atomic mass is 10.1. The zero-order chi connectivity index (χ0) is 21.6. The SMILES string of the molecule is Cc1ccccc1NC(=O)N1CCN(C(=O)c2ccc(Nc3ccncc3)cc2)CC1. The summed E-state index contributed by atoms with van der Waals surface area (Å²) in [4.78, 5) is 33.0. The number of carbonyl (C=O) groups excluding carboxylic acids is 2. The van der Waals surface area contributed by atoms with Crippen LogP contribution in [0.2, 0.25) is 0 Å². The molecule has 0 spiro atoms. The second kappa shape index (κ2) is 9.30. The van der Waals surface area contributed by atoms with Crippen LogP contribution in [0.25, 0.3) is 0 Å². The van der Waals surface area contributed by atoms with E-state index in [0.29, 0.717) is 31.7 Å². The molecule has 2 N–H and O–H groups in total. The highest BCUT2D eigenvalue weighted by molar-refractivity contribution is 5.95. The zero-order valence-corrected chi connectivity index (χ0v) is 17.4. The third-order valence-electron chi connectivity index (χ3n) is 5.34. The largest absolute Gasteiger partial charge is 0.355 e. The molecule has 4 rings (SSSR count). The third kappa shape index (κ3) is 5.01. The summed E-state index contributed by atoms with van der Waals surface area (Å²) in [5, 5.41) is 6.23. The standard InChI is InChI=1S/C24H25N5O2/c1-18-4-2-3-5-22(18)27-24(31)29-16-14-28(15-17-29)23(30)19-6-8-20(9-7-19)26-21-10-12-25-13-11-21/h2-13H,14-17H2,1H3,(H,25,26)(H,27,31). The molecule has 2 heterocycles. The number of hydrogen-bond acceptors (Lipinski definition) is 4. The van der Waals surface area contributed by atoms with E-state index in [4.69, 9.17) is 0 Å². The number of hydrogen-bond donors (Lipinski definition) is 2. The number of aromatic nitrogens is 1. The highest BCUT2D eigenvalue weighted by Crippen LogP contribution is 2.18. The van der Waals surface area contributed by atoms with E-state index >= 15 is 0 Å². The van der Waals surface area contributed by atoms with Crippen LogP contribution >= 0.6 is 0 Å². The van der Waals surface area contributed by atoms with Crippen LogP contribution in [-0.4, -0.2) is 52.9 Å². The number of carbonyl (C=O) groups is 2. The Morgan fingerprint density at radius 1 is 0.806 bits per heavy atom. The van der Waals surface area contributed by atoms with Gasteiger partial charge in [-0.05, 0) is 55.0 Å². The van der Waals surface area contributed by atoms with Gasteiger partial charge in [0, 0.05) is 61.2 Å². The summed E-state index contributed by atoms with van der Waals surface area (Å²) in [6.45, 7) is 3.99. The molecule has 31 heavy (non-hydrogen) atoms. The number of benzene rings is 2. The summed E-state index contributed by atoms with van der Waals surface area (Å²) in [6, 6.07) is 18.7. The fourth-order valence-corrected chi connectivity index (χ4v) is 3.50. The van der Waals surface area contributed by atoms with E-state index in [1.165, 1.54) is 0 Å². The lowest BCUT2D eigenvalue weighted by Crippen LogP contribution is -2.51. The summed E-state index contributed by atoms with van der Waals surface area (Å²) >= 11 is 0. The molecule has 1 fully saturated rings. The Hall–Kier alpha value is -3.87. The zero-order valence-electron chi connectivity index (χ0n) is 17.4. The highest BCUT2D eigenvalue weighted by atomic mass is 16.2. The Labute approximate surface area is 181 Å². The molecule has 1 aliphatic heterocycles. The minimum atomic E-state index is -0.132. The molecule has 1 aromatic heterocycles. The van der Waals surface area contributed by atoms with Gasteiger partial charge in [-0.15, -0.1) is 0 Å². The summed E-state index contributed by atoms with van der Waals surface area (Å²) in [5.41, 5.74) is 4.31. The number of piperazine rings is 1. The van der Waals surface area contributed by atoms with Crippen LogP contribution in [0.5, 0.6) is 0 Å². The van der Waals surface area contributed by atoms with Crippen LogP contribution < -0.4 is 10.6 Å². The molecule has 0 radical (unpaired) electrons. The molecular formula is C24H25N5O2. The summed E-state index contributed by atoms with van der Waals surface area (Å²) in [7, 11) is 0. The molecule has 1 aliphatic rings. The number of pyridine rings is 1. The van der Waals surface area contributed by atoms with Crippen molar-refractivity contribution in [3.63, 3.8) is 0 Å². The fourth-order valence-electron chi connectivity index (χ4n) is 3.50. The van der Waals surface area contributed by atoms with E-state index in [1.807, 2.05) is 67.6 Å². The van der Waals surface area contributed by atoms with E-state index in [0.717, 1.165) is 22.6 Å². The van der Waals surface area contributed by atoms with Gasteiger partial charge < -0.3 is 20.4 Å². The van der Waals surface area contributed by atoms with Gasteiger partial charge in [-0.3, -0.25) is 9.78 Å². The van der Waals surface area contributed by atoms with Gasteiger partial charge in [0.25, 0.3) is 5.91 Å². The molecule has 0 saturated carbocycles. The first-order valence-electron chi connectivity index (χ1n) is 10.3. The smallest absolute Gasteiger partial charge is 0.321 e. The number of rotatable bonds is 4. The Kier molecular flexibility index (Phi) is 6.12. The van der Waals surface area contributed by atoms with Crippen molar-refractivity contribution in [2.75, 3.05) is 36.8 Å². The van der Waals surface area contributed by atoms with Crippen LogP contribution in [-0.2, 0) is 0 Å². The van der Waals surface area contributed by atoms with Crippen LogP contribution in [0, 0.1) is 6.92 Å². The predicted octanol–water partition coefficient (Wildman–Crippen LogP) is 4.12. The first-order valence-corrected chi connectivity index (χ1v) is 10.3. The number of anilines is 3. The van der Waals surface area contributed by atoms with Crippen molar-refractivity contribution >= 4 is 29.0 Å². The van der Waals surface area contributed by atoms with Crippen LogP contribution in [0.4, 0.5) is 21.9 Å². The maximum Gasteiger partial charge on any atom is 0.321 e. The van der Waals surface area contributed by atoms with E-state index in [1.54, 1.807) is 22.2 Å². The molecule has 7 nitrogen and oxygen atoms in total. The van der Waals surface area contributed by atoms with Gasteiger partial charge in [0.05, 0.1) is 0 Å². The van der Waals surface area contributed by atoms with Gasteiger partial charge >= 0.3 is 6.03 Å². The van der Waals surface area contributed by atoms with Gasteiger partial charge in [-0.2, -0.15) is 0 Å². The van der Waals surface area contributed by atoms with Crippen molar-refractivity contribution in [3.05, 3.63) is 84.2 Å². The molecule has 0 atom stereocenters. The Morgan fingerprint density at radius 2 is 1.42 bits per heavy atom. The topological polar surface area (TPSA) is 77.6 Å². The Morgan fingerprint density at radius 3 is 2.10 bits per heavy atom. The molecule has 2 aromatic carbocycles. The third-order valence-corrected chi connectivity index (χ3v) is 5.34. The van der Waals surface area contributed by atoms with Crippen LogP contribution in [0.15, 0.2) is 73.1 Å². The van der Waals surface area contributed by atoms with Crippen molar-refractivity contribution < 1.29 is 9.59 Å². The molecule has 0 unspecified atom stereocenters. The van der Waals surface area contributed by atoms with Crippen molar-refractivity contribution in [2.24, 2.45) is 0 Å². The van der Waals surface area contributed by atoms with Gasteiger partial charge in [-0.1, -0.05) is 18.2 Å². The van der Waals surface area contributed by atoms with Crippen molar-refractivity contribution in [2.45, 2.75) is 6.92 Å². The molecule has 3 aromatic rings. The van der Waals surface area contributed by atoms with E-state index in [2.05, 4.69) is 15.6 Å². The second-order valence-corrected chi connectivity index (χ2v) is 7.46. The minimum Gasteiger partial charge on any atom is -0.355 e. The van der Waals surface area contributed by atoms with Crippen molar-refractivity contribution in [1.29, 1.82) is 0 Å². The Balaban J connectivity index is 1.30. The summed E-state index contributed by atoms with van der Waals surface area (Å²) in [5.74, 6) is -0.0191. The molecule has 0 bridgehead atoms. The highest BCUT2D eigenvalue weighted by Gasteiger charge is 2.25. The minimum absolute atomic E-state index is 0.0191. The summed E-state index contributed by atoms with van der Waals surface area (Å²) in [6.07, 6.45) is 3.45. The number of para-hydroxylation sites is 1. The van der Waals surface area contributed by atoms with Gasteiger partial charge in [0.15, 0.2) is 0 Å². The van der Waals surface area contributed by atoms with Crippen molar-refractivity contribution in [3.8, 4) is 0 Å². The van der Waals surface area contributed by atoms with Gasteiger partial charge in [-0.25, -0.2) is 4.79 Å². The lowest BCUT2D eigenvalue weighted by molar-refractivity contribution is 0.0671. The first kappa shape index (κ1) is 20.4. The van der Waals surface area contributed by atoms with Gasteiger partial charge in [0.1, 0.15) is 0 Å². The van der Waals surface area contributed by atoms with Crippen LogP contribution in [0.3, 0.4) is 0 Å². The molecule has 0 aliphatic carbocycles. The number of nitrogens with zero attached hydrogens (tertiary/aromatic N) is 3. The molecule has 158 valence electrons. The van der Waals surface area contributed by atoms with E-state index in [9.17, 15) is 9.59 Å². The number of urea groups is 1. The quantitative estimate of drug-likeness (QED) is 0.672. The molecule has 7 heteroatoms. The predicted molar refractivity (Wildman–Crippen MR) is 122 cm³/mol. The summed E-state index contributed by atoms with van der Waals surface area (Å²) < 4.78 is 0. The fraction of sp³-hybridized carbons (Fsp3) is 0.208. The monoisotopic (exact) mass is 415 g/mol. The van der Waals surface area contributed by atoms with E-state index < -0.39 is 0 Å². The lowest BCUT2D eigenvalue weighted by Gasteiger charge is -2.34. The van der Waals surface area contributed by atoms with Crippen LogP contribution in [0.1, 0.15) is 15.9 Å². The number of nitrogens with one attached hydrogen (secondary N) is 2. The normalized spacial score (nSPS) is 13.6. The first-order chi connectivity index (χ1) is 15.1. The average Bonchev–Trinajstić information content (AvgIpc) is 2.81. The molecule has 3 amide bonds. The Bertz CT molecular complexity index is 1050. The number of aryl methyl sites for hydroxylation is 1. The molecule has 1 saturated heterocycles. The maximum atomic E-state index is 12.9. The van der Waals surface area contributed by atoms with Crippen molar-refractivity contribution in [1.82, 2.24) is 14.8 Å². The van der Waals surface area contributed by atoms with Gasteiger partial charge in [0.2, 0.25) is 0 Å².